The van der Waals surface area contributed by atoms with Crippen molar-refractivity contribution < 1.29 is 41.4 Å². The van der Waals surface area contributed by atoms with E-state index in [0.29, 0.717) is 38.5 Å². The number of alkyl halides is 6. The maximum Gasteiger partial charge on any atom is 0.438 e. The molecule has 2 fully saturated rings. The van der Waals surface area contributed by atoms with Crippen LogP contribution >= 0.6 is 0 Å². The lowest BCUT2D eigenvalue weighted by molar-refractivity contribution is -0.343. The molecule has 3 nitrogen and oxygen atoms in total. The standard InChI is InChI=1S/C23H32F6O3/c1-19(2,31)11-5-12-20(3,17-10-9-16-15(17)7-4-8-18(16)30)13-6-14-21(32,22(24,25)26)23(27,28)29/h15-17,31-32H,4-5,7-13H2,1-3H3/t15?,16?,17?,20-/m1/s1. The van der Waals surface area contributed by atoms with Gasteiger partial charge in [0, 0.05) is 18.8 Å². The normalized spacial score (nSPS) is 26.8. The summed E-state index contributed by atoms with van der Waals surface area (Å²) in [5, 5.41) is 19.4. The van der Waals surface area contributed by atoms with E-state index in [9.17, 15) is 41.4 Å². The Morgan fingerprint density at radius 3 is 2.06 bits per heavy atom. The van der Waals surface area contributed by atoms with Gasteiger partial charge >= 0.3 is 18.0 Å². The van der Waals surface area contributed by atoms with Gasteiger partial charge in [0.1, 0.15) is 5.78 Å². The van der Waals surface area contributed by atoms with Gasteiger partial charge < -0.3 is 10.2 Å². The molecule has 3 unspecified atom stereocenters. The van der Waals surface area contributed by atoms with Gasteiger partial charge in [0.2, 0.25) is 0 Å². The summed E-state index contributed by atoms with van der Waals surface area (Å²) in [4.78, 5) is 12.3. The van der Waals surface area contributed by atoms with E-state index in [1.54, 1.807) is 20.8 Å². The van der Waals surface area contributed by atoms with E-state index in [0.717, 1.165) is 18.8 Å². The zero-order valence-corrected chi connectivity index (χ0v) is 18.7. The van der Waals surface area contributed by atoms with Crippen molar-refractivity contribution in [2.75, 3.05) is 0 Å². The van der Waals surface area contributed by atoms with E-state index in [1.807, 2.05) is 5.92 Å². The largest absolute Gasteiger partial charge is 0.438 e. The highest BCUT2D eigenvalue weighted by molar-refractivity contribution is 5.82. The van der Waals surface area contributed by atoms with Crippen molar-refractivity contribution in [3.05, 3.63) is 0 Å². The van der Waals surface area contributed by atoms with E-state index in [4.69, 9.17) is 0 Å². The second kappa shape index (κ2) is 9.17. The second-order valence-electron chi connectivity index (χ2n) is 10.3. The highest BCUT2D eigenvalue weighted by Crippen LogP contribution is 2.54. The number of fused-ring (bicyclic) bond motifs is 1. The molecule has 0 amide bonds. The molecule has 0 aromatic heterocycles. The molecular weight excluding hydrogens is 438 g/mol. The van der Waals surface area contributed by atoms with E-state index < -0.39 is 29.0 Å². The smallest absolute Gasteiger partial charge is 0.390 e. The van der Waals surface area contributed by atoms with E-state index in [1.165, 1.54) is 0 Å². The summed E-state index contributed by atoms with van der Waals surface area (Å²) >= 11 is 0. The summed E-state index contributed by atoms with van der Waals surface area (Å²) < 4.78 is 77.9. The summed E-state index contributed by atoms with van der Waals surface area (Å²) in [6.45, 7) is 5.04. The van der Waals surface area contributed by atoms with Gasteiger partial charge in [0.15, 0.2) is 0 Å². The fraction of sp³-hybridized carbons (Fsp3) is 0.870. The molecule has 32 heavy (non-hydrogen) atoms. The van der Waals surface area contributed by atoms with Crippen molar-refractivity contribution in [1.82, 2.24) is 0 Å². The van der Waals surface area contributed by atoms with Crippen LogP contribution in [0.2, 0.25) is 0 Å². The van der Waals surface area contributed by atoms with Crippen LogP contribution < -0.4 is 0 Å². The molecule has 0 radical (unpaired) electrons. The average molecular weight is 470 g/mol. The Labute approximate surface area is 184 Å². The van der Waals surface area contributed by atoms with Gasteiger partial charge in [-0.3, -0.25) is 4.79 Å². The van der Waals surface area contributed by atoms with Crippen molar-refractivity contribution in [2.24, 2.45) is 23.2 Å². The van der Waals surface area contributed by atoms with Crippen molar-refractivity contribution in [3.8, 4) is 11.8 Å². The maximum atomic E-state index is 13.0. The van der Waals surface area contributed by atoms with Gasteiger partial charge in [0.25, 0.3) is 0 Å². The minimum Gasteiger partial charge on any atom is -0.390 e. The molecule has 0 saturated heterocycles. The molecule has 0 aromatic carbocycles. The zero-order valence-electron chi connectivity index (χ0n) is 18.7. The Bertz CT molecular complexity index is 726. The van der Waals surface area contributed by atoms with E-state index in [-0.39, 0.29) is 30.0 Å². The first kappa shape index (κ1) is 27.0. The van der Waals surface area contributed by atoms with Crippen LogP contribution in [0.15, 0.2) is 0 Å². The summed E-state index contributed by atoms with van der Waals surface area (Å²) in [7, 11) is 0. The Morgan fingerprint density at radius 1 is 0.938 bits per heavy atom. The first-order valence-corrected chi connectivity index (χ1v) is 11.0. The van der Waals surface area contributed by atoms with Gasteiger partial charge in [-0.25, -0.2) is 0 Å². The zero-order chi connectivity index (χ0) is 24.6. The third-order valence-corrected chi connectivity index (χ3v) is 7.21. The Morgan fingerprint density at radius 2 is 1.53 bits per heavy atom. The van der Waals surface area contributed by atoms with E-state index >= 15 is 0 Å². The monoisotopic (exact) mass is 470 g/mol. The number of carbonyl (C=O) groups excluding carboxylic acids is 1. The minimum atomic E-state index is -5.98. The van der Waals surface area contributed by atoms with Crippen LogP contribution in [-0.2, 0) is 4.79 Å². The van der Waals surface area contributed by atoms with Gasteiger partial charge in [-0.05, 0) is 75.5 Å². The molecular formula is C23H32F6O3. The Balaban J connectivity index is 2.32. The molecule has 2 N–H and O–H groups in total. The average Bonchev–Trinajstić information content (AvgIpc) is 3.04. The molecule has 0 bridgehead atoms. The fourth-order valence-corrected chi connectivity index (χ4v) is 5.44. The number of Topliss-reactive ketones (excluding diaryl/α,β-unsaturated/α-hetero) is 1. The topological polar surface area (TPSA) is 57.5 Å². The number of aliphatic hydroxyl groups is 2. The Kier molecular flexibility index (Phi) is 7.73. The highest BCUT2D eigenvalue weighted by atomic mass is 19.4. The first-order chi connectivity index (χ1) is 14.4. The predicted octanol–water partition coefficient (Wildman–Crippen LogP) is 5.58. The fourth-order valence-electron chi connectivity index (χ4n) is 5.44. The molecule has 2 aliphatic rings. The van der Waals surface area contributed by atoms with Crippen LogP contribution in [-0.4, -0.2) is 39.6 Å². The van der Waals surface area contributed by atoms with Gasteiger partial charge in [-0.1, -0.05) is 19.3 Å². The van der Waals surface area contributed by atoms with E-state index in [2.05, 4.69) is 0 Å². The molecule has 2 aliphatic carbocycles. The molecule has 4 atom stereocenters. The number of carbonyl (C=O) groups is 1. The first-order valence-electron chi connectivity index (χ1n) is 11.0. The van der Waals surface area contributed by atoms with Crippen LogP contribution in [0.1, 0.15) is 78.6 Å². The second-order valence-corrected chi connectivity index (χ2v) is 10.3. The third-order valence-electron chi connectivity index (χ3n) is 7.21. The van der Waals surface area contributed by atoms with Crippen LogP contribution in [0.4, 0.5) is 26.3 Å². The number of rotatable bonds is 6. The Hall–Kier alpha value is -1.27. The number of hydrogen-bond donors (Lipinski definition) is 2. The lowest BCUT2D eigenvalue weighted by Gasteiger charge is -2.41. The van der Waals surface area contributed by atoms with Crippen LogP contribution in [0.3, 0.4) is 0 Å². The molecule has 0 aromatic rings. The summed E-state index contributed by atoms with van der Waals surface area (Å²) in [5.41, 5.74) is -6.79. The van der Waals surface area contributed by atoms with Crippen molar-refractivity contribution >= 4 is 5.78 Å². The van der Waals surface area contributed by atoms with Crippen LogP contribution in [0.25, 0.3) is 0 Å². The number of halogens is 6. The highest BCUT2D eigenvalue weighted by Gasteiger charge is 2.70. The predicted molar refractivity (Wildman–Crippen MR) is 106 cm³/mol. The SMILES string of the molecule is CC(C)(O)CCC[C@](C)(CC#CC(O)(C(F)(F)F)C(F)(F)F)C1CCC2C(=O)CCCC21. The molecule has 9 heteroatoms. The maximum absolute atomic E-state index is 13.0. The quantitative estimate of drug-likeness (QED) is 0.394. The van der Waals surface area contributed by atoms with Crippen molar-refractivity contribution in [3.63, 3.8) is 0 Å². The molecule has 0 aliphatic heterocycles. The van der Waals surface area contributed by atoms with Gasteiger partial charge in [0.05, 0.1) is 5.60 Å². The summed E-state index contributed by atoms with van der Waals surface area (Å²) in [5.74, 6) is 3.13. The lowest BCUT2D eigenvalue weighted by atomic mass is 9.63. The molecule has 2 saturated carbocycles. The third kappa shape index (κ3) is 5.80. The van der Waals surface area contributed by atoms with Crippen molar-refractivity contribution in [1.29, 1.82) is 0 Å². The molecule has 0 heterocycles. The number of ketones is 1. The van der Waals surface area contributed by atoms with Gasteiger partial charge in [-0.2, -0.15) is 26.3 Å². The summed E-state index contributed by atoms with van der Waals surface area (Å²) in [6.07, 6.45) is -7.53. The lowest BCUT2D eigenvalue weighted by Crippen LogP contribution is -2.55. The summed E-state index contributed by atoms with van der Waals surface area (Å²) in [6, 6.07) is 0. The molecule has 2 rings (SSSR count). The van der Waals surface area contributed by atoms with Crippen molar-refractivity contribution in [2.45, 2.75) is 102 Å². The minimum absolute atomic E-state index is 0.0364. The molecule has 0 spiro atoms. The molecule has 184 valence electrons. The number of hydrogen-bond acceptors (Lipinski definition) is 3. The van der Waals surface area contributed by atoms with Crippen LogP contribution in [0, 0.1) is 35.0 Å². The van der Waals surface area contributed by atoms with Gasteiger partial charge in [-0.15, -0.1) is 0 Å². The van der Waals surface area contributed by atoms with Crippen LogP contribution in [0.5, 0.6) is 0 Å².